The van der Waals surface area contributed by atoms with Crippen molar-refractivity contribution in [3.05, 3.63) is 12.2 Å². The number of carboxylic acids is 1. The van der Waals surface area contributed by atoms with Gasteiger partial charge in [0.1, 0.15) is 0 Å². The minimum atomic E-state index is -1.14. The molecule has 0 aromatic heterocycles. The van der Waals surface area contributed by atoms with Crippen molar-refractivity contribution in [1.82, 2.24) is 0 Å². The van der Waals surface area contributed by atoms with Gasteiger partial charge >= 0.3 is 0 Å². The summed E-state index contributed by atoms with van der Waals surface area (Å²) in [5, 5.41) is 9.40. The molecule has 0 atom stereocenters. The highest BCUT2D eigenvalue weighted by Gasteiger charge is 2.13. The lowest BCUT2D eigenvalue weighted by molar-refractivity contribution is -0.909. The second-order valence-electron chi connectivity index (χ2n) is 6.36. The predicted octanol–water partition coefficient (Wildman–Crippen LogP) is 1.15. The van der Waals surface area contributed by atoms with Crippen LogP contribution >= 0.6 is 0 Å². The maximum absolute atomic E-state index is 9.40. The summed E-state index contributed by atoms with van der Waals surface area (Å²) < 4.78 is 0. The molecule has 0 saturated carbocycles. The Morgan fingerprint density at radius 2 is 1.26 bits per heavy atom. The molecular weight excluding hydrogens is 238 g/mol. The summed E-state index contributed by atoms with van der Waals surface area (Å²) in [5.41, 5.74) is 0. The first-order valence-corrected chi connectivity index (χ1v) is 7.36. The summed E-state index contributed by atoms with van der Waals surface area (Å²) >= 11 is 0. The molecule has 0 aliphatic carbocycles. The molecule has 0 rings (SSSR count). The molecule has 0 aromatic carbocycles. The van der Waals surface area contributed by atoms with Gasteiger partial charge in [0.2, 0.25) is 0 Å². The second kappa shape index (κ2) is 12.2. The molecule has 0 unspecified atom stereocenters. The van der Waals surface area contributed by atoms with Crippen LogP contribution < -0.4 is 10.0 Å². The van der Waals surface area contributed by atoms with Gasteiger partial charge in [0.15, 0.2) is 0 Å². The van der Waals surface area contributed by atoms with Crippen LogP contribution in [0.3, 0.4) is 0 Å². The normalized spacial score (nSPS) is 11.5. The highest BCUT2D eigenvalue weighted by Crippen LogP contribution is 1.91. The Hall–Kier alpha value is -0.830. The largest absolute Gasteiger partial charge is 0.545 e. The zero-order chi connectivity index (χ0) is 15.4. The van der Waals surface area contributed by atoms with E-state index in [0.29, 0.717) is 0 Å². The van der Waals surface area contributed by atoms with Crippen molar-refractivity contribution in [3.8, 4) is 0 Å². The third kappa shape index (κ3) is 19.7. The van der Waals surface area contributed by atoms with Crippen molar-refractivity contribution in [2.45, 2.75) is 48.5 Å². The Kier molecular flexibility index (Phi) is 13.2. The fraction of sp³-hybridized carbons (Fsp3) is 0.812. The van der Waals surface area contributed by atoms with E-state index in [1.165, 1.54) is 25.7 Å². The SMILES string of the molecule is C/C=C/C(=O)[O-].CC(C)C[NH+](CC(C)C)CC(C)C. The molecule has 1 N–H and O–H groups in total. The van der Waals surface area contributed by atoms with Gasteiger partial charge in [-0.2, -0.15) is 0 Å². The zero-order valence-corrected chi connectivity index (χ0v) is 13.8. The molecule has 3 nitrogen and oxygen atoms in total. The van der Waals surface area contributed by atoms with Gasteiger partial charge in [0.05, 0.1) is 25.6 Å². The van der Waals surface area contributed by atoms with Crippen LogP contribution in [0.25, 0.3) is 0 Å². The summed E-state index contributed by atoms with van der Waals surface area (Å²) in [6.45, 7) is 19.5. The number of nitrogens with one attached hydrogen (secondary N) is 1. The number of quaternary nitrogens is 1. The predicted molar refractivity (Wildman–Crippen MR) is 79.9 cm³/mol. The number of hydrogen-bond donors (Lipinski definition) is 1. The van der Waals surface area contributed by atoms with Crippen LogP contribution in [0.5, 0.6) is 0 Å². The van der Waals surface area contributed by atoms with E-state index in [1.54, 1.807) is 11.8 Å². The van der Waals surface area contributed by atoms with Crippen molar-refractivity contribution in [2.75, 3.05) is 19.6 Å². The van der Waals surface area contributed by atoms with E-state index >= 15 is 0 Å². The van der Waals surface area contributed by atoms with Crippen molar-refractivity contribution in [2.24, 2.45) is 17.8 Å². The number of carbonyl (C=O) groups is 1. The van der Waals surface area contributed by atoms with E-state index in [1.807, 2.05) is 0 Å². The third-order valence-corrected chi connectivity index (χ3v) is 2.39. The van der Waals surface area contributed by atoms with Crippen molar-refractivity contribution in [3.63, 3.8) is 0 Å². The van der Waals surface area contributed by atoms with Gasteiger partial charge in [0.25, 0.3) is 0 Å². The van der Waals surface area contributed by atoms with Crippen molar-refractivity contribution in [1.29, 1.82) is 0 Å². The van der Waals surface area contributed by atoms with E-state index in [-0.39, 0.29) is 0 Å². The van der Waals surface area contributed by atoms with Crippen LogP contribution in [0.2, 0.25) is 0 Å². The number of carbonyl (C=O) groups excluding carboxylic acids is 1. The average molecular weight is 271 g/mol. The van der Waals surface area contributed by atoms with Crippen LogP contribution in [-0.4, -0.2) is 25.6 Å². The monoisotopic (exact) mass is 271 g/mol. The van der Waals surface area contributed by atoms with E-state index in [9.17, 15) is 9.90 Å². The molecule has 0 aliphatic rings. The molecular formula is C16H33NO2. The van der Waals surface area contributed by atoms with E-state index in [2.05, 4.69) is 41.5 Å². The summed E-state index contributed by atoms with van der Waals surface area (Å²) in [5.74, 6) is 1.34. The quantitative estimate of drug-likeness (QED) is 0.706. The number of allylic oxidation sites excluding steroid dienone is 1. The molecule has 0 spiro atoms. The highest BCUT2D eigenvalue weighted by molar-refractivity contribution is 5.77. The lowest BCUT2D eigenvalue weighted by atomic mass is 10.1. The van der Waals surface area contributed by atoms with Crippen LogP contribution in [0.15, 0.2) is 12.2 Å². The Morgan fingerprint density at radius 3 is 1.37 bits per heavy atom. The van der Waals surface area contributed by atoms with Gasteiger partial charge in [-0.25, -0.2) is 0 Å². The van der Waals surface area contributed by atoms with Gasteiger partial charge in [-0.15, -0.1) is 0 Å². The molecule has 3 heteroatoms. The van der Waals surface area contributed by atoms with Crippen LogP contribution in [0, 0.1) is 17.8 Å². The number of aliphatic carboxylic acids is 1. The fourth-order valence-corrected chi connectivity index (χ4v) is 2.12. The molecule has 0 heterocycles. The molecule has 0 bridgehead atoms. The van der Waals surface area contributed by atoms with E-state index < -0.39 is 5.97 Å². The average Bonchev–Trinajstić information content (AvgIpc) is 2.13. The van der Waals surface area contributed by atoms with Gasteiger partial charge in [-0.05, 0) is 13.0 Å². The summed E-state index contributed by atoms with van der Waals surface area (Å²) in [6.07, 6.45) is 2.38. The van der Waals surface area contributed by atoms with Crippen molar-refractivity contribution < 1.29 is 14.8 Å². The number of carboxylic acid groups (broad SMARTS) is 1. The lowest BCUT2D eigenvalue weighted by Crippen LogP contribution is -3.13. The first-order valence-electron chi connectivity index (χ1n) is 7.36. The lowest BCUT2D eigenvalue weighted by Gasteiger charge is -2.24. The third-order valence-electron chi connectivity index (χ3n) is 2.39. The van der Waals surface area contributed by atoms with Gasteiger partial charge in [-0.1, -0.05) is 47.6 Å². The highest BCUT2D eigenvalue weighted by atomic mass is 16.4. The smallest absolute Gasteiger partial charge is 0.0794 e. The molecule has 0 radical (unpaired) electrons. The standard InChI is InChI=1S/C12H27N.C4H6O2/c1-10(2)7-13(8-11(3)4)9-12(5)6;1-2-3-4(5)6/h10-12H,7-9H2,1-6H3;2-3H,1H3,(H,5,6)/b;3-2+. The van der Waals surface area contributed by atoms with Crippen molar-refractivity contribution >= 4 is 5.97 Å². The Bertz CT molecular complexity index is 221. The Balaban J connectivity index is 0. The maximum Gasteiger partial charge on any atom is 0.0794 e. The molecule has 114 valence electrons. The fourth-order valence-electron chi connectivity index (χ4n) is 2.12. The minimum absolute atomic E-state index is 0.826. The van der Waals surface area contributed by atoms with Crippen LogP contribution in [0.4, 0.5) is 0 Å². The summed E-state index contributed by atoms with van der Waals surface area (Å²) in [4.78, 5) is 11.2. The van der Waals surface area contributed by atoms with Gasteiger partial charge in [0, 0.05) is 17.8 Å². The molecule has 0 fully saturated rings. The Labute approximate surface area is 119 Å². The molecule has 0 aliphatic heterocycles. The molecule has 0 amide bonds. The van der Waals surface area contributed by atoms with Gasteiger partial charge < -0.3 is 14.8 Å². The number of hydrogen-bond acceptors (Lipinski definition) is 2. The Morgan fingerprint density at radius 1 is 0.947 bits per heavy atom. The first-order chi connectivity index (χ1) is 8.68. The van der Waals surface area contributed by atoms with Gasteiger partial charge in [-0.3, -0.25) is 0 Å². The molecule has 0 saturated heterocycles. The summed E-state index contributed by atoms with van der Waals surface area (Å²) in [6, 6.07) is 0. The van der Waals surface area contributed by atoms with Crippen LogP contribution in [-0.2, 0) is 4.79 Å². The molecule has 19 heavy (non-hydrogen) atoms. The molecule has 0 aromatic rings. The van der Waals surface area contributed by atoms with E-state index in [4.69, 9.17) is 0 Å². The van der Waals surface area contributed by atoms with E-state index in [0.717, 1.165) is 23.8 Å². The summed E-state index contributed by atoms with van der Waals surface area (Å²) in [7, 11) is 0. The first kappa shape index (κ1) is 20.5. The number of rotatable bonds is 7. The topological polar surface area (TPSA) is 44.6 Å². The minimum Gasteiger partial charge on any atom is -0.545 e. The van der Waals surface area contributed by atoms with Crippen LogP contribution in [0.1, 0.15) is 48.5 Å². The maximum atomic E-state index is 9.40. The second-order valence-corrected chi connectivity index (χ2v) is 6.36. The zero-order valence-electron chi connectivity index (χ0n) is 13.8.